The lowest BCUT2D eigenvalue weighted by Gasteiger charge is -2.17. The molecule has 0 heterocycles. The van der Waals surface area contributed by atoms with Crippen LogP contribution < -0.4 is 0 Å². The third kappa shape index (κ3) is 2.14. The van der Waals surface area contributed by atoms with E-state index in [0.29, 0.717) is 5.92 Å². The summed E-state index contributed by atoms with van der Waals surface area (Å²) in [7, 11) is 0. The van der Waals surface area contributed by atoms with Gasteiger partial charge in [0.05, 0.1) is 12.0 Å². The van der Waals surface area contributed by atoms with Crippen molar-refractivity contribution in [1.29, 1.82) is 5.26 Å². The molecule has 0 aliphatic carbocycles. The van der Waals surface area contributed by atoms with Gasteiger partial charge >= 0.3 is 0 Å². The molecule has 0 N–H and O–H groups in total. The second-order valence-electron chi connectivity index (χ2n) is 3.85. The van der Waals surface area contributed by atoms with Crippen LogP contribution in [0, 0.1) is 24.2 Å². The molecule has 0 spiro atoms. The summed E-state index contributed by atoms with van der Waals surface area (Å²) in [6.07, 6.45) is 1.05. The maximum atomic E-state index is 9.16. The van der Waals surface area contributed by atoms with E-state index in [9.17, 15) is 0 Å². The van der Waals surface area contributed by atoms with Gasteiger partial charge in [0.15, 0.2) is 0 Å². The van der Waals surface area contributed by atoms with E-state index in [0.717, 1.165) is 6.42 Å². The first kappa shape index (κ1) is 10.8. The summed E-state index contributed by atoms with van der Waals surface area (Å²) in [5.74, 6) is 0.474. The summed E-state index contributed by atoms with van der Waals surface area (Å²) in [6.45, 7) is 6.34. The second kappa shape index (κ2) is 4.81. The average molecular weight is 187 g/mol. The Balaban J connectivity index is 3.02. The molecular weight excluding hydrogens is 170 g/mol. The Morgan fingerprint density at radius 3 is 2.50 bits per heavy atom. The molecule has 1 aromatic carbocycles. The number of nitrogens with zero attached hydrogens (tertiary/aromatic N) is 1. The van der Waals surface area contributed by atoms with Crippen molar-refractivity contribution in [2.45, 2.75) is 33.1 Å². The van der Waals surface area contributed by atoms with Gasteiger partial charge in [0.2, 0.25) is 0 Å². The first-order chi connectivity index (χ1) is 6.70. The third-order valence-corrected chi connectivity index (χ3v) is 2.88. The lowest BCUT2D eigenvalue weighted by molar-refractivity contribution is 0.513. The average Bonchev–Trinajstić information content (AvgIpc) is 2.21. The molecule has 0 saturated heterocycles. The van der Waals surface area contributed by atoms with Gasteiger partial charge < -0.3 is 0 Å². The van der Waals surface area contributed by atoms with Crippen molar-refractivity contribution >= 4 is 0 Å². The Morgan fingerprint density at radius 2 is 2.00 bits per heavy atom. The van der Waals surface area contributed by atoms with Crippen LogP contribution in [0.5, 0.6) is 0 Å². The summed E-state index contributed by atoms with van der Waals surface area (Å²) >= 11 is 0. The molecule has 0 saturated carbocycles. The van der Waals surface area contributed by atoms with Gasteiger partial charge in [0, 0.05) is 0 Å². The van der Waals surface area contributed by atoms with Gasteiger partial charge in [-0.3, -0.25) is 0 Å². The molecule has 2 unspecified atom stereocenters. The Morgan fingerprint density at radius 1 is 1.36 bits per heavy atom. The van der Waals surface area contributed by atoms with Crippen molar-refractivity contribution in [2.24, 2.45) is 5.92 Å². The van der Waals surface area contributed by atoms with Crippen LogP contribution in [0.2, 0.25) is 0 Å². The number of rotatable bonds is 3. The van der Waals surface area contributed by atoms with Gasteiger partial charge in [-0.1, -0.05) is 44.5 Å². The zero-order chi connectivity index (χ0) is 10.6. The fraction of sp³-hybridized carbons (Fsp3) is 0.462. The summed E-state index contributed by atoms with van der Waals surface area (Å²) in [4.78, 5) is 0. The predicted molar refractivity (Wildman–Crippen MR) is 59.0 cm³/mol. The van der Waals surface area contributed by atoms with Crippen LogP contribution >= 0.6 is 0 Å². The summed E-state index contributed by atoms with van der Waals surface area (Å²) in [5.41, 5.74) is 2.41. The number of nitriles is 1. The zero-order valence-electron chi connectivity index (χ0n) is 9.12. The Kier molecular flexibility index (Phi) is 3.71. The van der Waals surface area contributed by atoms with Crippen molar-refractivity contribution in [2.75, 3.05) is 0 Å². The molecule has 14 heavy (non-hydrogen) atoms. The van der Waals surface area contributed by atoms with E-state index < -0.39 is 0 Å². The molecule has 1 aromatic rings. The van der Waals surface area contributed by atoms with Gasteiger partial charge in [0.25, 0.3) is 0 Å². The van der Waals surface area contributed by atoms with Crippen LogP contribution in [0.25, 0.3) is 0 Å². The largest absolute Gasteiger partial charge is 0.198 e. The maximum absolute atomic E-state index is 9.16. The number of benzene rings is 1. The Hall–Kier alpha value is -1.29. The van der Waals surface area contributed by atoms with Crippen LogP contribution in [0.15, 0.2) is 24.3 Å². The summed E-state index contributed by atoms with van der Waals surface area (Å²) in [5, 5.41) is 9.16. The van der Waals surface area contributed by atoms with Crippen molar-refractivity contribution in [3.63, 3.8) is 0 Å². The van der Waals surface area contributed by atoms with Crippen molar-refractivity contribution in [3.05, 3.63) is 35.4 Å². The van der Waals surface area contributed by atoms with Crippen LogP contribution in [0.4, 0.5) is 0 Å². The van der Waals surface area contributed by atoms with E-state index in [2.05, 4.69) is 39.0 Å². The topological polar surface area (TPSA) is 23.8 Å². The van der Waals surface area contributed by atoms with Gasteiger partial charge in [-0.15, -0.1) is 0 Å². The normalized spacial score (nSPS) is 14.4. The molecule has 0 radical (unpaired) electrons. The molecule has 74 valence electrons. The molecule has 2 atom stereocenters. The second-order valence-corrected chi connectivity index (χ2v) is 3.85. The fourth-order valence-corrected chi connectivity index (χ4v) is 1.67. The molecule has 0 bridgehead atoms. The van der Waals surface area contributed by atoms with E-state index in [1.54, 1.807) is 0 Å². The predicted octanol–water partition coefficient (Wildman–Crippen LogP) is 3.65. The molecule has 1 rings (SSSR count). The van der Waals surface area contributed by atoms with Gasteiger partial charge in [-0.05, 0) is 24.0 Å². The number of hydrogen-bond donors (Lipinski definition) is 0. The highest BCUT2D eigenvalue weighted by Gasteiger charge is 2.18. The zero-order valence-corrected chi connectivity index (χ0v) is 9.12. The van der Waals surface area contributed by atoms with Crippen LogP contribution in [0.1, 0.15) is 37.3 Å². The van der Waals surface area contributed by atoms with E-state index >= 15 is 0 Å². The minimum absolute atomic E-state index is 0.0428. The SMILES string of the molecule is CCC(C)C(C#N)c1ccccc1C. The third-order valence-electron chi connectivity index (χ3n) is 2.88. The van der Waals surface area contributed by atoms with E-state index in [4.69, 9.17) is 5.26 Å². The molecular formula is C13H17N. The summed E-state index contributed by atoms with van der Waals surface area (Å²) < 4.78 is 0. The number of aryl methyl sites for hydroxylation is 1. The lowest BCUT2D eigenvalue weighted by Crippen LogP contribution is -2.08. The first-order valence-corrected chi connectivity index (χ1v) is 5.15. The first-order valence-electron chi connectivity index (χ1n) is 5.15. The van der Waals surface area contributed by atoms with Gasteiger partial charge in [-0.2, -0.15) is 5.26 Å². The van der Waals surface area contributed by atoms with Crippen molar-refractivity contribution in [3.8, 4) is 6.07 Å². The molecule has 0 aromatic heterocycles. The quantitative estimate of drug-likeness (QED) is 0.708. The van der Waals surface area contributed by atoms with E-state index in [-0.39, 0.29) is 5.92 Å². The monoisotopic (exact) mass is 187 g/mol. The molecule has 0 amide bonds. The fourth-order valence-electron chi connectivity index (χ4n) is 1.67. The minimum Gasteiger partial charge on any atom is -0.198 e. The Bertz CT molecular complexity index is 335. The maximum Gasteiger partial charge on any atom is 0.0740 e. The van der Waals surface area contributed by atoms with Gasteiger partial charge in [0.1, 0.15) is 0 Å². The van der Waals surface area contributed by atoms with Gasteiger partial charge in [-0.25, -0.2) is 0 Å². The molecule has 0 aliphatic heterocycles. The standard InChI is InChI=1S/C13H17N/c1-4-10(2)13(9-14)12-8-6-5-7-11(12)3/h5-8,10,13H,4H2,1-3H3. The van der Waals surface area contributed by atoms with Crippen LogP contribution in [-0.4, -0.2) is 0 Å². The highest BCUT2D eigenvalue weighted by molar-refractivity contribution is 5.33. The van der Waals surface area contributed by atoms with E-state index in [1.165, 1.54) is 11.1 Å². The van der Waals surface area contributed by atoms with Crippen molar-refractivity contribution in [1.82, 2.24) is 0 Å². The van der Waals surface area contributed by atoms with Crippen LogP contribution in [0.3, 0.4) is 0 Å². The molecule has 1 heteroatoms. The van der Waals surface area contributed by atoms with E-state index in [1.807, 2.05) is 12.1 Å². The summed E-state index contributed by atoms with van der Waals surface area (Å²) in [6, 6.07) is 10.6. The number of hydrogen-bond acceptors (Lipinski definition) is 1. The molecule has 0 aliphatic rings. The smallest absolute Gasteiger partial charge is 0.0740 e. The highest BCUT2D eigenvalue weighted by Crippen LogP contribution is 2.28. The van der Waals surface area contributed by atoms with Crippen LogP contribution in [-0.2, 0) is 0 Å². The highest BCUT2D eigenvalue weighted by atomic mass is 14.3. The minimum atomic E-state index is 0.0428. The lowest BCUT2D eigenvalue weighted by atomic mass is 9.85. The Labute approximate surface area is 86.4 Å². The van der Waals surface area contributed by atoms with Crippen molar-refractivity contribution < 1.29 is 0 Å². The molecule has 0 fully saturated rings. The molecule has 1 nitrogen and oxygen atoms in total.